The number of imidazole rings is 1. The first-order valence-electron chi connectivity index (χ1n) is 3.79. The van der Waals surface area contributed by atoms with Crippen LogP contribution in [-0.4, -0.2) is 15.0 Å². The third-order valence-corrected chi connectivity index (χ3v) is 2.01. The molecule has 0 atom stereocenters. The van der Waals surface area contributed by atoms with Gasteiger partial charge in [0.05, 0.1) is 16.7 Å². The number of hydrogen-bond donors (Lipinski definition) is 1. The molecule has 3 nitrogen and oxygen atoms in total. The lowest BCUT2D eigenvalue weighted by Gasteiger charge is -1.87. The molecule has 0 bridgehead atoms. The fraction of sp³-hybridized carbons (Fsp3) is 0.250. The highest BCUT2D eigenvalue weighted by atomic mass is 35.5. The lowest BCUT2D eigenvalue weighted by molar-refractivity contribution is 1.00. The Morgan fingerprint density at radius 2 is 2.33 bits per heavy atom. The fourth-order valence-corrected chi connectivity index (χ4v) is 1.32. The van der Waals surface area contributed by atoms with Gasteiger partial charge in [-0.2, -0.15) is 0 Å². The van der Waals surface area contributed by atoms with Gasteiger partial charge in [0, 0.05) is 12.6 Å². The van der Waals surface area contributed by atoms with Crippen LogP contribution in [0.5, 0.6) is 0 Å². The quantitative estimate of drug-likeness (QED) is 0.733. The lowest BCUT2D eigenvalue weighted by Crippen LogP contribution is -1.79. The van der Waals surface area contributed by atoms with E-state index < -0.39 is 0 Å². The van der Waals surface area contributed by atoms with Crippen molar-refractivity contribution in [3.05, 3.63) is 23.2 Å². The van der Waals surface area contributed by atoms with E-state index >= 15 is 0 Å². The normalized spacial score (nSPS) is 10.8. The van der Waals surface area contributed by atoms with Crippen molar-refractivity contribution in [2.24, 2.45) is 0 Å². The Balaban J connectivity index is 2.74. The van der Waals surface area contributed by atoms with E-state index in [0.717, 1.165) is 23.3 Å². The van der Waals surface area contributed by atoms with Gasteiger partial charge in [0.1, 0.15) is 11.3 Å². The van der Waals surface area contributed by atoms with Crippen LogP contribution < -0.4 is 0 Å². The van der Waals surface area contributed by atoms with Crippen molar-refractivity contribution in [3.8, 4) is 0 Å². The number of H-pyrrole nitrogens is 1. The topological polar surface area (TPSA) is 41.6 Å². The van der Waals surface area contributed by atoms with Crippen LogP contribution in [-0.2, 0) is 6.42 Å². The van der Waals surface area contributed by atoms with E-state index in [0.29, 0.717) is 5.02 Å². The van der Waals surface area contributed by atoms with E-state index in [4.69, 9.17) is 11.6 Å². The van der Waals surface area contributed by atoms with Crippen LogP contribution >= 0.6 is 11.6 Å². The highest BCUT2D eigenvalue weighted by Crippen LogP contribution is 2.19. The van der Waals surface area contributed by atoms with Crippen molar-refractivity contribution in [2.45, 2.75) is 13.3 Å². The molecule has 2 aromatic rings. The number of nitrogens with zero attached hydrogens (tertiary/aromatic N) is 2. The van der Waals surface area contributed by atoms with Gasteiger partial charge in [-0.05, 0) is 0 Å². The molecule has 0 radical (unpaired) electrons. The molecule has 0 aliphatic heterocycles. The predicted molar refractivity (Wildman–Crippen MR) is 48.3 cm³/mol. The third kappa shape index (κ3) is 1.06. The van der Waals surface area contributed by atoms with Crippen LogP contribution in [0.1, 0.15) is 12.7 Å². The molecule has 1 N–H and O–H groups in total. The summed E-state index contributed by atoms with van der Waals surface area (Å²) >= 11 is 5.88. The summed E-state index contributed by atoms with van der Waals surface area (Å²) in [6.45, 7) is 2.04. The summed E-state index contributed by atoms with van der Waals surface area (Å²) in [6, 6.07) is 0. The average molecular weight is 182 g/mol. The van der Waals surface area contributed by atoms with Crippen molar-refractivity contribution in [1.82, 2.24) is 15.0 Å². The van der Waals surface area contributed by atoms with Crippen LogP contribution in [0.2, 0.25) is 5.02 Å². The number of nitrogens with one attached hydrogen (secondary N) is 1. The zero-order chi connectivity index (χ0) is 8.55. The summed E-state index contributed by atoms with van der Waals surface area (Å²) < 4.78 is 0. The molecule has 0 unspecified atom stereocenters. The molecule has 0 saturated carbocycles. The number of halogens is 1. The Bertz CT molecular complexity index is 408. The van der Waals surface area contributed by atoms with E-state index in [1.165, 1.54) is 0 Å². The lowest BCUT2D eigenvalue weighted by atomic mass is 10.4. The third-order valence-electron chi connectivity index (χ3n) is 1.73. The van der Waals surface area contributed by atoms with Gasteiger partial charge >= 0.3 is 0 Å². The second-order valence-corrected chi connectivity index (χ2v) is 2.96. The standard InChI is InChI=1S/C8H8ClN3/c1-2-7-11-6-4-10-3-5(9)8(6)12-7/h3-4H,2H2,1H3,(H,11,12). The van der Waals surface area contributed by atoms with Crippen molar-refractivity contribution in [3.63, 3.8) is 0 Å². The van der Waals surface area contributed by atoms with Gasteiger partial charge in [-0.1, -0.05) is 18.5 Å². The summed E-state index contributed by atoms with van der Waals surface area (Å²) in [5.41, 5.74) is 1.71. The van der Waals surface area contributed by atoms with Crippen LogP contribution in [0, 0.1) is 0 Å². The van der Waals surface area contributed by atoms with Crippen molar-refractivity contribution < 1.29 is 0 Å². The Labute approximate surface area is 74.8 Å². The van der Waals surface area contributed by atoms with E-state index in [-0.39, 0.29) is 0 Å². The number of rotatable bonds is 1. The van der Waals surface area contributed by atoms with E-state index in [2.05, 4.69) is 15.0 Å². The largest absolute Gasteiger partial charge is 0.341 e. The Morgan fingerprint density at radius 3 is 3.00 bits per heavy atom. The van der Waals surface area contributed by atoms with Crippen molar-refractivity contribution >= 4 is 22.6 Å². The van der Waals surface area contributed by atoms with Crippen LogP contribution in [0.25, 0.3) is 11.0 Å². The van der Waals surface area contributed by atoms with Gasteiger partial charge in [-0.25, -0.2) is 4.98 Å². The number of aromatic nitrogens is 3. The number of hydrogen-bond acceptors (Lipinski definition) is 2. The second kappa shape index (κ2) is 2.75. The highest BCUT2D eigenvalue weighted by Gasteiger charge is 2.03. The van der Waals surface area contributed by atoms with Gasteiger partial charge in [-0.3, -0.25) is 4.98 Å². The molecular formula is C8H8ClN3. The van der Waals surface area contributed by atoms with Crippen molar-refractivity contribution in [2.75, 3.05) is 0 Å². The van der Waals surface area contributed by atoms with E-state index in [1.807, 2.05) is 6.92 Å². The molecule has 2 aromatic heterocycles. The number of pyridine rings is 1. The van der Waals surface area contributed by atoms with Crippen molar-refractivity contribution in [1.29, 1.82) is 0 Å². The first-order chi connectivity index (χ1) is 5.81. The number of fused-ring (bicyclic) bond motifs is 1. The molecule has 0 saturated heterocycles. The molecule has 2 rings (SSSR count). The minimum absolute atomic E-state index is 0.600. The van der Waals surface area contributed by atoms with Gasteiger partial charge in [-0.15, -0.1) is 0 Å². The average Bonchev–Trinajstić information content (AvgIpc) is 2.49. The second-order valence-electron chi connectivity index (χ2n) is 2.55. The van der Waals surface area contributed by atoms with Crippen LogP contribution in [0.3, 0.4) is 0 Å². The predicted octanol–water partition coefficient (Wildman–Crippen LogP) is 2.17. The number of aryl methyl sites for hydroxylation is 1. The monoisotopic (exact) mass is 181 g/mol. The SMILES string of the molecule is CCc1nc2c(Cl)cncc2[nH]1. The fourth-order valence-electron chi connectivity index (χ4n) is 1.12. The summed E-state index contributed by atoms with van der Waals surface area (Å²) in [5, 5.41) is 0.600. The Kier molecular flexibility index (Phi) is 1.73. The zero-order valence-electron chi connectivity index (χ0n) is 6.63. The van der Waals surface area contributed by atoms with Gasteiger partial charge in [0.15, 0.2) is 0 Å². The zero-order valence-corrected chi connectivity index (χ0v) is 7.39. The first kappa shape index (κ1) is 7.55. The minimum atomic E-state index is 0.600. The maximum Gasteiger partial charge on any atom is 0.110 e. The smallest absolute Gasteiger partial charge is 0.110 e. The molecule has 12 heavy (non-hydrogen) atoms. The summed E-state index contributed by atoms with van der Waals surface area (Å²) in [5.74, 6) is 0.944. The highest BCUT2D eigenvalue weighted by molar-refractivity contribution is 6.34. The Morgan fingerprint density at radius 1 is 1.50 bits per heavy atom. The summed E-state index contributed by atoms with van der Waals surface area (Å²) in [6.07, 6.45) is 4.21. The molecular weight excluding hydrogens is 174 g/mol. The van der Waals surface area contributed by atoms with E-state index in [1.54, 1.807) is 12.4 Å². The molecule has 0 aromatic carbocycles. The molecule has 62 valence electrons. The van der Waals surface area contributed by atoms with Crippen LogP contribution in [0.4, 0.5) is 0 Å². The molecule has 4 heteroatoms. The summed E-state index contributed by atoms with van der Waals surface area (Å²) in [7, 11) is 0. The summed E-state index contributed by atoms with van der Waals surface area (Å²) in [4.78, 5) is 11.4. The minimum Gasteiger partial charge on any atom is -0.341 e. The Hall–Kier alpha value is -1.09. The number of aromatic amines is 1. The molecule has 0 fully saturated rings. The maximum absolute atomic E-state index is 5.88. The molecule has 0 amide bonds. The first-order valence-corrected chi connectivity index (χ1v) is 4.17. The molecule has 0 spiro atoms. The molecule has 2 heterocycles. The maximum atomic E-state index is 5.88. The molecule has 0 aliphatic carbocycles. The molecule has 0 aliphatic rings. The van der Waals surface area contributed by atoms with Crippen LogP contribution in [0.15, 0.2) is 12.4 Å². The van der Waals surface area contributed by atoms with Gasteiger partial charge < -0.3 is 4.98 Å². The van der Waals surface area contributed by atoms with E-state index in [9.17, 15) is 0 Å². The van der Waals surface area contributed by atoms with Gasteiger partial charge in [0.25, 0.3) is 0 Å². The van der Waals surface area contributed by atoms with Gasteiger partial charge in [0.2, 0.25) is 0 Å².